The minimum absolute atomic E-state index is 0.00143. The van der Waals surface area contributed by atoms with E-state index >= 15 is 0 Å². The van der Waals surface area contributed by atoms with E-state index in [4.69, 9.17) is 10.00 Å². The minimum atomic E-state index is -0.403. The van der Waals surface area contributed by atoms with Gasteiger partial charge in [0.05, 0.1) is 12.2 Å². The molecule has 1 rings (SSSR count). The van der Waals surface area contributed by atoms with Crippen LogP contribution in [0.3, 0.4) is 0 Å². The van der Waals surface area contributed by atoms with Crippen LogP contribution in [0.5, 0.6) is 0 Å². The number of carbonyl (C=O) groups is 1. The molecule has 4 heteroatoms. The number of hydrogen-bond acceptors (Lipinski definition) is 3. The Bertz CT molecular complexity index is 271. The summed E-state index contributed by atoms with van der Waals surface area (Å²) in [5.41, 5.74) is 0. The second-order valence-electron chi connectivity index (χ2n) is 4.36. The van der Waals surface area contributed by atoms with Crippen molar-refractivity contribution in [3.8, 4) is 6.07 Å². The zero-order valence-corrected chi connectivity index (χ0v) is 10.0. The SMILES string of the molecule is CCCC1CC(C(=O)N[C@@H](C)C#N)CCO1. The van der Waals surface area contributed by atoms with Gasteiger partial charge in [-0.15, -0.1) is 0 Å². The second-order valence-corrected chi connectivity index (χ2v) is 4.36. The average Bonchev–Trinajstić information content (AvgIpc) is 2.29. The summed E-state index contributed by atoms with van der Waals surface area (Å²) in [5.74, 6) is 0.0135. The third kappa shape index (κ3) is 3.82. The molecule has 4 nitrogen and oxygen atoms in total. The van der Waals surface area contributed by atoms with Gasteiger partial charge in [0, 0.05) is 12.5 Å². The molecule has 1 aliphatic heterocycles. The lowest BCUT2D eigenvalue weighted by atomic mass is 9.92. The van der Waals surface area contributed by atoms with Gasteiger partial charge < -0.3 is 10.1 Å². The lowest BCUT2D eigenvalue weighted by molar-refractivity contribution is -0.130. The van der Waals surface area contributed by atoms with E-state index in [2.05, 4.69) is 12.2 Å². The van der Waals surface area contributed by atoms with E-state index in [-0.39, 0.29) is 17.9 Å². The van der Waals surface area contributed by atoms with Crippen LogP contribution in [-0.4, -0.2) is 24.7 Å². The molecule has 0 spiro atoms. The summed E-state index contributed by atoms with van der Waals surface area (Å²) in [5, 5.41) is 11.3. The number of carbonyl (C=O) groups excluding carboxylic acids is 1. The van der Waals surface area contributed by atoms with Crippen LogP contribution in [0.1, 0.15) is 39.5 Å². The molecule has 90 valence electrons. The van der Waals surface area contributed by atoms with Gasteiger partial charge in [-0.25, -0.2) is 0 Å². The van der Waals surface area contributed by atoms with Gasteiger partial charge in [0.15, 0.2) is 0 Å². The van der Waals surface area contributed by atoms with Crippen molar-refractivity contribution >= 4 is 5.91 Å². The molecule has 1 aliphatic rings. The first kappa shape index (κ1) is 13.0. The third-order valence-electron chi connectivity index (χ3n) is 2.90. The van der Waals surface area contributed by atoms with Crippen molar-refractivity contribution < 1.29 is 9.53 Å². The Kier molecular flexibility index (Phi) is 5.27. The van der Waals surface area contributed by atoms with Gasteiger partial charge in [-0.1, -0.05) is 13.3 Å². The van der Waals surface area contributed by atoms with Crippen molar-refractivity contribution in [3.05, 3.63) is 0 Å². The molecule has 16 heavy (non-hydrogen) atoms. The lowest BCUT2D eigenvalue weighted by Crippen LogP contribution is -2.40. The van der Waals surface area contributed by atoms with Crippen molar-refractivity contribution in [1.29, 1.82) is 5.26 Å². The highest BCUT2D eigenvalue weighted by molar-refractivity contribution is 5.79. The predicted octanol–water partition coefficient (Wildman–Crippen LogP) is 1.61. The summed E-state index contributed by atoms with van der Waals surface area (Å²) >= 11 is 0. The van der Waals surface area contributed by atoms with Crippen molar-refractivity contribution in [2.75, 3.05) is 6.61 Å². The van der Waals surface area contributed by atoms with Gasteiger partial charge in [0.25, 0.3) is 0 Å². The molecular formula is C12H20N2O2. The summed E-state index contributed by atoms with van der Waals surface area (Å²) in [6.45, 7) is 4.47. The van der Waals surface area contributed by atoms with Crippen LogP contribution in [0.4, 0.5) is 0 Å². The quantitative estimate of drug-likeness (QED) is 0.789. The van der Waals surface area contributed by atoms with E-state index < -0.39 is 6.04 Å². The van der Waals surface area contributed by atoms with E-state index in [0.717, 1.165) is 25.7 Å². The van der Waals surface area contributed by atoms with Crippen LogP contribution in [0.25, 0.3) is 0 Å². The maximum absolute atomic E-state index is 11.8. The number of amides is 1. The van der Waals surface area contributed by atoms with E-state index in [1.54, 1.807) is 6.92 Å². The van der Waals surface area contributed by atoms with Crippen LogP contribution in [-0.2, 0) is 9.53 Å². The summed E-state index contributed by atoms with van der Waals surface area (Å²) in [4.78, 5) is 11.8. The highest BCUT2D eigenvalue weighted by atomic mass is 16.5. The number of ether oxygens (including phenoxy) is 1. The number of nitrogens with zero attached hydrogens (tertiary/aromatic N) is 1. The molecule has 0 radical (unpaired) electrons. The Hall–Kier alpha value is -1.08. The standard InChI is InChI=1S/C12H20N2O2/c1-3-4-11-7-10(5-6-16-11)12(15)14-9(2)8-13/h9-11H,3-7H2,1-2H3,(H,14,15)/t9-,10?,11?/m0/s1. The number of nitrogens with one attached hydrogen (secondary N) is 1. The number of hydrogen-bond donors (Lipinski definition) is 1. The molecule has 0 aromatic heterocycles. The maximum atomic E-state index is 11.8. The van der Waals surface area contributed by atoms with Crippen LogP contribution in [0.2, 0.25) is 0 Å². The fourth-order valence-electron chi connectivity index (χ4n) is 2.01. The molecule has 0 bridgehead atoms. The fraction of sp³-hybridized carbons (Fsp3) is 0.833. The maximum Gasteiger partial charge on any atom is 0.224 e. The van der Waals surface area contributed by atoms with Gasteiger partial charge in [-0.05, 0) is 26.2 Å². The zero-order chi connectivity index (χ0) is 12.0. The summed E-state index contributed by atoms with van der Waals surface area (Å²) in [6, 6.07) is 1.61. The van der Waals surface area contributed by atoms with Crippen LogP contribution in [0.15, 0.2) is 0 Å². The molecule has 0 aliphatic carbocycles. The molecule has 3 atom stereocenters. The summed E-state index contributed by atoms with van der Waals surface area (Å²) in [6.07, 6.45) is 3.86. The van der Waals surface area contributed by atoms with E-state index in [9.17, 15) is 4.79 Å². The van der Waals surface area contributed by atoms with Gasteiger partial charge >= 0.3 is 0 Å². The largest absolute Gasteiger partial charge is 0.378 e. The normalized spacial score (nSPS) is 26.8. The van der Waals surface area contributed by atoms with Crippen molar-refractivity contribution in [2.45, 2.75) is 51.7 Å². The van der Waals surface area contributed by atoms with Gasteiger partial charge in [-0.2, -0.15) is 5.26 Å². The van der Waals surface area contributed by atoms with Crippen LogP contribution in [0, 0.1) is 17.2 Å². The Morgan fingerprint density at radius 3 is 3.06 bits per heavy atom. The lowest BCUT2D eigenvalue weighted by Gasteiger charge is -2.28. The molecule has 0 saturated carbocycles. The molecule has 2 unspecified atom stereocenters. The van der Waals surface area contributed by atoms with Crippen LogP contribution >= 0.6 is 0 Å². The molecule has 1 fully saturated rings. The van der Waals surface area contributed by atoms with Crippen molar-refractivity contribution in [1.82, 2.24) is 5.32 Å². The fourth-order valence-corrected chi connectivity index (χ4v) is 2.01. The first-order chi connectivity index (χ1) is 7.67. The van der Waals surface area contributed by atoms with E-state index in [1.807, 2.05) is 6.07 Å². The molecule has 1 saturated heterocycles. The smallest absolute Gasteiger partial charge is 0.224 e. The predicted molar refractivity (Wildman–Crippen MR) is 60.6 cm³/mol. The van der Waals surface area contributed by atoms with E-state index in [1.165, 1.54) is 0 Å². The minimum Gasteiger partial charge on any atom is -0.378 e. The highest BCUT2D eigenvalue weighted by Gasteiger charge is 2.27. The van der Waals surface area contributed by atoms with Gasteiger partial charge in [0.1, 0.15) is 6.04 Å². The van der Waals surface area contributed by atoms with Gasteiger partial charge in [-0.3, -0.25) is 4.79 Å². The first-order valence-corrected chi connectivity index (χ1v) is 5.99. The number of nitriles is 1. The third-order valence-corrected chi connectivity index (χ3v) is 2.90. The monoisotopic (exact) mass is 224 g/mol. The van der Waals surface area contributed by atoms with Crippen molar-refractivity contribution in [2.24, 2.45) is 5.92 Å². The summed E-state index contributed by atoms with van der Waals surface area (Å²) < 4.78 is 5.59. The molecule has 1 N–H and O–H groups in total. The first-order valence-electron chi connectivity index (χ1n) is 5.99. The molecule has 0 aromatic carbocycles. The molecule has 1 amide bonds. The molecule has 1 heterocycles. The van der Waals surface area contributed by atoms with Gasteiger partial charge in [0.2, 0.25) is 5.91 Å². The Morgan fingerprint density at radius 2 is 2.44 bits per heavy atom. The second kappa shape index (κ2) is 6.49. The number of rotatable bonds is 4. The molecular weight excluding hydrogens is 204 g/mol. The average molecular weight is 224 g/mol. The zero-order valence-electron chi connectivity index (χ0n) is 10.0. The topological polar surface area (TPSA) is 62.1 Å². The van der Waals surface area contributed by atoms with Crippen LogP contribution < -0.4 is 5.32 Å². The summed E-state index contributed by atoms with van der Waals surface area (Å²) in [7, 11) is 0. The van der Waals surface area contributed by atoms with Crippen molar-refractivity contribution in [3.63, 3.8) is 0 Å². The Morgan fingerprint density at radius 1 is 1.69 bits per heavy atom. The Balaban J connectivity index is 2.41. The Labute approximate surface area is 97.0 Å². The highest BCUT2D eigenvalue weighted by Crippen LogP contribution is 2.23. The van der Waals surface area contributed by atoms with E-state index in [0.29, 0.717) is 6.61 Å². The molecule has 0 aromatic rings.